The lowest BCUT2D eigenvalue weighted by Crippen LogP contribution is -2.49. The Kier molecular flexibility index (Phi) is 8.21. The molecule has 0 spiro atoms. The number of alkyl halides is 1. The van der Waals surface area contributed by atoms with Crippen molar-refractivity contribution in [2.45, 2.75) is 32.7 Å². The monoisotopic (exact) mass is 586 g/mol. The van der Waals surface area contributed by atoms with Gasteiger partial charge < -0.3 is 19.4 Å². The number of ether oxygens (including phenoxy) is 1. The third-order valence-corrected chi connectivity index (χ3v) is 8.68. The van der Waals surface area contributed by atoms with Gasteiger partial charge in [0.1, 0.15) is 30.3 Å². The zero-order valence-corrected chi connectivity index (χ0v) is 24.8. The Morgan fingerprint density at radius 1 is 1.09 bits per heavy atom. The molecule has 0 aliphatic carbocycles. The lowest BCUT2D eigenvalue weighted by molar-refractivity contribution is -0.127. The number of halogens is 2. The molecule has 8 nitrogen and oxygen atoms in total. The number of piperazine rings is 1. The molecule has 43 heavy (non-hydrogen) atoms. The van der Waals surface area contributed by atoms with E-state index in [0.717, 1.165) is 35.7 Å². The number of carbonyl (C=O) groups is 1. The zero-order chi connectivity index (χ0) is 30.1. The number of amides is 1. The van der Waals surface area contributed by atoms with Crippen molar-refractivity contribution in [3.63, 3.8) is 0 Å². The van der Waals surface area contributed by atoms with E-state index in [2.05, 4.69) is 21.9 Å². The van der Waals surface area contributed by atoms with Crippen LogP contribution in [0.15, 0.2) is 54.2 Å². The van der Waals surface area contributed by atoms with E-state index in [0.29, 0.717) is 55.1 Å². The van der Waals surface area contributed by atoms with Gasteiger partial charge in [0.05, 0.1) is 5.39 Å². The van der Waals surface area contributed by atoms with E-state index in [-0.39, 0.29) is 29.2 Å². The molecule has 2 aromatic heterocycles. The van der Waals surface area contributed by atoms with E-state index in [1.807, 2.05) is 48.2 Å². The number of likely N-dealkylation sites (tertiary alicyclic amines) is 1. The van der Waals surface area contributed by atoms with Crippen molar-refractivity contribution in [3.8, 4) is 17.3 Å². The average molecular weight is 587 g/mol. The Labute approximate surface area is 250 Å². The minimum Gasteiger partial charge on any atom is -0.462 e. The molecule has 2 fully saturated rings. The number of rotatable bonds is 7. The highest BCUT2D eigenvalue weighted by atomic mass is 19.1. The summed E-state index contributed by atoms with van der Waals surface area (Å²) >= 11 is 0. The van der Waals surface area contributed by atoms with Crippen LogP contribution >= 0.6 is 0 Å². The van der Waals surface area contributed by atoms with Gasteiger partial charge >= 0.3 is 6.01 Å². The van der Waals surface area contributed by atoms with Gasteiger partial charge in [-0.25, -0.2) is 8.78 Å². The maximum Gasteiger partial charge on any atom is 0.319 e. The zero-order valence-electron chi connectivity index (χ0n) is 24.8. The van der Waals surface area contributed by atoms with Crippen LogP contribution in [-0.4, -0.2) is 89.8 Å². The maximum absolute atomic E-state index is 16.5. The third kappa shape index (κ3) is 5.63. The van der Waals surface area contributed by atoms with Crippen LogP contribution in [0.3, 0.4) is 0 Å². The fourth-order valence-corrected chi connectivity index (χ4v) is 6.18. The molecular weight excluding hydrogens is 550 g/mol. The normalized spacial score (nSPS) is 18.2. The highest BCUT2D eigenvalue weighted by Gasteiger charge is 2.28. The molecule has 10 heteroatoms. The summed E-state index contributed by atoms with van der Waals surface area (Å²) in [5.74, 6) is -0.187. The van der Waals surface area contributed by atoms with E-state index >= 15 is 4.39 Å². The number of pyridine rings is 1. The van der Waals surface area contributed by atoms with Crippen molar-refractivity contribution in [2.75, 3.05) is 58.0 Å². The van der Waals surface area contributed by atoms with Gasteiger partial charge in [0.2, 0.25) is 5.91 Å². The van der Waals surface area contributed by atoms with Gasteiger partial charge in [0.25, 0.3) is 0 Å². The number of nitrogens with zero attached hydrogens (tertiary/aromatic N) is 6. The van der Waals surface area contributed by atoms with E-state index in [1.54, 1.807) is 18.0 Å². The van der Waals surface area contributed by atoms with Crippen LogP contribution in [-0.2, 0) is 4.79 Å². The summed E-state index contributed by atoms with van der Waals surface area (Å²) in [6.45, 7) is 6.16. The second kappa shape index (κ2) is 12.2. The standard InChI is InChI=1S/C33H36F2N6O2/c1-21-7-4-8-23-9-5-11-25(27(21)23)29-28(35)30-26(19-36-29)31(38-33(37-30)43-20-24-10-6-14-39(24)3)40-15-17-41(18-16-40)32(42)22(2)12-13-34/h4-5,7-9,11-12,19,24H,6,10,13-18,20H2,1-3H3/b22-12+/t24-/m0/s1. The quantitative estimate of drug-likeness (QED) is 0.271. The molecule has 0 unspecified atom stereocenters. The summed E-state index contributed by atoms with van der Waals surface area (Å²) < 4.78 is 35.4. The van der Waals surface area contributed by atoms with Gasteiger partial charge in [0.15, 0.2) is 5.82 Å². The number of benzene rings is 2. The van der Waals surface area contributed by atoms with Gasteiger partial charge in [-0.2, -0.15) is 9.97 Å². The molecule has 2 aliphatic rings. The first-order chi connectivity index (χ1) is 20.9. The molecule has 1 atom stereocenters. The highest BCUT2D eigenvalue weighted by Crippen LogP contribution is 2.36. The predicted octanol–water partition coefficient (Wildman–Crippen LogP) is 5.33. The SMILES string of the molecule is C/C(=C\CF)C(=O)N1CCN(c2nc(OC[C@@H]3CCCN3C)nc3c(F)c(-c4cccc5cccc(C)c45)ncc23)CC1. The second-order valence-electron chi connectivity index (χ2n) is 11.4. The Balaban J connectivity index is 1.39. The molecule has 2 aromatic carbocycles. The Morgan fingerprint density at radius 3 is 2.58 bits per heavy atom. The molecular formula is C33H36F2N6O2. The molecule has 0 saturated carbocycles. The Hall–Kier alpha value is -4.18. The van der Waals surface area contributed by atoms with Gasteiger partial charge in [0, 0.05) is 49.6 Å². The van der Waals surface area contributed by atoms with Crippen molar-refractivity contribution in [3.05, 3.63) is 65.6 Å². The van der Waals surface area contributed by atoms with Crippen LogP contribution in [0.4, 0.5) is 14.6 Å². The first-order valence-corrected chi connectivity index (χ1v) is 14.8. The third-order valence-electron chi connectivity index (χ3n) is 8.68. The van der Waals surface area contributed by atoms with E-state index in [4.69, 9.17) is 9.72 Å². The topological polar surface area (TPSA) is 74.7 Å². The predicted molar refractivity (Wildman–Crippen MR) is 165 cm³/mol. The summed E-state index contributed by atoms with van der Waals surface area (Å²) in [5, 5.41) is 2.44. The van der Waals surface area contributed by atoms with E-state index in [1.165, 1.54) is 6.08 Å². The molecule has 4 heterocycles. The first-order valence-electron chi connectivity index (χ1n) is 14.8. The van der Waals surface area contributed by atoms with E-state index < -0.39 is 12.5 Å². The van der Waals surface area contributed by atoms with Crippen LogP contribution < -0.4 is 9.64 Å². The smallest absolute Gasteiger partial charge is 0.319 e. The van der Waals surface area contributed by atoms with Gasteiger partial charge in [-0.15, -0.1) is 0 Å². The highest BCUT2D eigenvalue weighted by molar-refractivity contribution is 6.00. The molecule has 224 valence electrons. The number of aryl methyl sites for hydroxylation is 1. The van der Waals surface area contributed by atoms with Crippen molar-refractivity contribution in [1.29, 1.82) is 0 Å². The first kappa shape index (κ1) is 28.9. The summed E-state index contributed by atoms with van der Waals surface area (Å²) in [4.78, 5) is 32.7. The number of anilines is 1. The summed E-state index contributed by atoms with van der Waals surface area (Å²) in [6.07, 6.45) is 5.05. The van der Waals surface area contributed by atoms with Crippen molar-refractivity contribution in [1.82, 2.24) is 24.8 Å². The number of aromatic nitrogens is 3. The molecule has 2 saturated heterocycles. The van der Waals surface area contributed by atoms with Crippen molar-refractivity contribution < 1.29 is 18.3 Å². The molecule has 0 N–H and O–H groups in total. The van der Waals surface area contributed by atoms with Gasteiger partial charge in [-0.1, -0.05) is 36.4 Å². The minimum atomic E-state index is -0.678. The fraction of sp³-hybridized carbons (Fsp3) is 0.394. The number of fused-ring (bicyclic) bond motifs is 2. The molecule has 6 rings (SSSR count). The summed E-state index contributed by atoms with van der Waals surface area (Å²) in [5.41, 5.74) is 2.50. The Morgan fingerprint density at radius 2 is 1.86 bits per heavy atom. The second-order valence-corrected chi connectivity index (χ2v) is 11.4. The molecule has 0 bridgehead atoms. The maximum atomic E-state index is 16.5. The summed E-state index contributed by atoms with van der Waals surface area (Å²) in [7, 11) is 2.07. The largest absolute Gasteiger partial charge is 0.462 e. The van der Waals surface area contributed by atoms with Crippen LogP contribution in [0.5, 0.6) is 6.01 Å². The van der Waals surface area contributed by atoms with Crippen molar-refractivity contribution >= 4 is 33.4 Å². The van der Waals surface area contributed by atoms with Gasteiger partial charge in [-0.3, -0.25) is 9.78 Å². The Bertz CT molecular complexity index is 1700. The van der Waals surface area contributed by atoms with Crippen LogP contribution in [0.1, 0.15) is 25.3 Å². The molecule has 4 aromatic rings. The van der Waals surface area contributed by atoms with E-state index in [9.17, 15) is 9.18 Å². The van der Waals surface area contributed by atoms with Crippen molar-refractivity contribution in [2.24, 2.45) is 0 Å². The summed E-state index contributed by atoms with van der Waals surface area (Å²) in [6, 6.07) is 12.2. The molecule has 2 aliphatic heterocycles. The lowest BCUT2D eigenvalue weighted by Gasteiger charge is -2.36. The van der Waals surface area contributed by atoms with Crippen LogP contribution in [0.25, 0.3) is 32.9 Å². The number of carbonyl (C=O) groups excluding carboxylic acids is 1. The molecule has 1 amide bonds. The number of allylic oxidation sites excluding steroid dienone is 1. The van der Waals surface area contributed by atoms with Crippen LogP contribution in [0, 0.1) is 12.7 Å². The average Bonchev–Trinajstić information content (AvgIpc) is 3.44. The number of hydrogen-bond acceptors (Lipinski definition) is 7. The minimum absolute atomic E-state index is 0.119. The lowest BCUT2D eigenvalue weighted by atomic mass is 9.97. The molecule has 0 radical (unpaired) electrons. The number of hydrogen-bond donors (Lipinski definition) is 0. The number of likely N-dealkylation sites (N-methyl/N-ethyl adjacent to an activating group) is 1. The fourth-order valence-electron chi connectivity index (χ4n) is 6.18. The van der Waals surface area contributed by atoms with Gasteiger partial charge in [-0.05, 0) is 62.7 Å². The van der Waals surface area contributed by atoms with Crippen LogP contribution in [0.2, 0.25) is 0 Å².